The Morgan fingerprint density at radius 1 is 1.11 bits per heavy atom. The van der Waals surface area contributed by atoms with E-state index in [0.717, 1.165) is 30.7 Å². The number of ketones is 1. The molecule has 0 amide bonds. The van der Waals surface area contributed by atoms with E-state index in [1.165, 1.54) is 24.8 Å². The summed E-state index contributed by atoms with van der Waals surface area (Å²) in [6.07, 6.45) is 6.00. The van der Waals surface area contributed by atoms with E-state index in [0.29, 0.717) is 18.8 Å². The summed E-state index contributed by atoms with van der Waals surface area (Å²) in [6, 6.07) is 18.7. The van der Waals surface area contributed by atoms with Gasteiger partial charge in [-0.2, -0.15) is 0 Å². The van der Waals surface area contributed by atoms with Crippen molar-refractivity contribution in [1.82, 2.24) is 5.32 Å². The fourth-order valence-electron chi connectivity index (χ4n) is 4.17. The first-order valence-corrected chi connectivity index (χ1v) is 10.7. The summed E-state index contributed by atoms with van der Waals surface area (Å²) >= 11 is 0. The lowest BCUT2D eigenvalue weighted by molar-refractivity contribution is -0.125. The SMILES string of the molecule is CCCCCNC1(c2cccc(OCc3ccccc3)c2)CCC(=O)C(C)C1. The van der Waals surface area contributed by atoms with E-state index in [9.17, 15) is 4.79 Å². The van der Waals surface area contributed by atoms with E-state index in [-0.39, 0.29) is 11.5 Å². The Morgan fingerprint density at radius 3 is 2.68 bits per heavy atom. The van der Waals surface area contributed by atoms with Gasteiger partial charge in [0.1, 0.15) is 18.1 Å². The molecule has 2 aromatic carbocycles. The Labute approximate surface area is 169 Å². The smallest absolute Gasteiger partial charge is 0.135 e. The first kappa shape index (κ1) is 20.6. The molecule has 3 rings (SSSR count). The molecule has 0 bridgehead atoms. The maximum atomic E-state index is 12.2. The maximum Gasteiger partial charge on any atom is 0.135 e. The van der Waals surface area contributed by atoms with Crippen LogP contribution in [0.15, 0.2) is 54.6 Å². The number of nitrogens with one attached hydrogen (secondary N) is 1. The normalized spacial score (nSPS) is 22.2. The minimum atomic E-state index is -0.132. The highest BCUT2D eigenvalue weighted by molar-refractivity contribution is 5.82. The summed E-state index contributed by atoms with van der Waals surface area (Å²) in [6.45, 7) is 5.85. The maximum absolute atomic E-state index is 12.2. The van der Waals surface area contributed by atoms with Crippen LogP contribution in [0.4, 0.5) is 0 Å². The average Bonchev–Trinajstić information content (AvgIpc) is 2.73. The molecule has 28 heavy (non-hydrogen) atoms. The van der Waals surface area contributed by atoms with E-state index in [2.05, 4.69) is 49.5 Å². The first-order valence-electron chi connectivity index (χ1n) is 10.7. The van der Waals surface area contributed by atoms with Crippen LogP contribution in [-0.2, 0) is 16.9 Å². The van der Waals surface area contributed by atoms with Gasteiger partial charge < -0.3 is 10.1 Å². The van der Waals surface area contributed by atoms with Gasteiger partial charge in [-0.3, -0.25) is 4.79 Å². The molecule has 3 nitrogen and oxygen atoms in total. The Kier molecular flexibility index (Phi) is 7.27. The molecular weight excluding hydrogens is 346 g/mol. The Hall–Kier alpha value is -2.13. The van der Waals surface area contributed by atoms with Crippen molar-refractivity contribution in [3.63, 3.8) is 0 Å². The van der Waals surface area contributed by atoms with Crippen molar-refractivity contribution in [2.24, 2.45) is 5.92 Å². The Bertz CT molecular complexity index is 758. The zero-order valence-corrected chi connectivity index (χ0v) is 17.2. The van der Waals surface area contributed by atoms with Crippen LogP contribution in [0.3, 0.4) is 0 Å². The van der Waals surface area contributed by atoms with Crippen LogP contribution < -0.4 is 10.1 Å². The molecule has 1 N–H and O–H groups in total. The molecule has 2 aromatic rings. The number of carbonyl (C=O) groups is 1. The van der Waals surface area contributed by atoms with Gasteiger partial charge in [0.05, 0.1) is 0 Å². The van der Waals surface area contributed by atoms with E-state index in [1.807, 2.05) is 24.3 Å². The average molecular weight is 380 g/mol. The number of ether oxygens (including phenoxy) is 1. The highest BCUT2D eigenvalue weighted by atomic mass is 16.5. The van der Waals surface area contributed by atoms with Crippen molar-refractivity contribution in [2.45, 2.75) is 64.5 Å². The Balaban J connectivity index is 1.76. The number of Topliss-reactive ketones (excluding diaryl/α,β-unsaturated/α-hetero) is 1. The molecule has 0 spiro atoms. The number of carbonyl (C=O) groups excluding carboxylic acids is 1. The van der Waals surface area contributed by atoms with E-state index in [1.54, 1.807) is 0 Å². The largest absolute Gasteiger partial charge is 0.489 e. The molecule has 3 heteroatoms. The topological polar surface area (TPSA) is 38.3 Å². The van der Waals surface area contributed by atoms with Crippen LogP contribution in [0.1, 0.15) is 63.5 Å². The molecule has 150 valence electrons. The lowest BCUT2D eigenvalue weighted by Crippen LogP contribution is -2.48. The zero-order chi connectivity index (χ0) is 19.8. The lowest BCUT2D eigenvalue weighted by Gasteiger charge is -2.41. The zero-order valence-electron chi connectivity index (χ0n) is 17.2. The summed E-state index contributed by atoms with van der Waals surface area (Å²) in [5.74, 6) is 1.38. The van der Waals surface area contributed by atoms with Crippen molar-refractivity contribution in [1.29, 1.82) is 0 Å². The van der Waals surface area contributed by atoms with Gasteiger partial charge >= 0.3 is 0 Å². The van der Waals surface area contributed by atoms with Crippen molar-refractivity contribution >= 4 is 5.78 Å². The lowest BCUT2D eigenvalue weighted by atomic mass is 9.71. The molecule has 1 aliphatic rings. The third-order valence-corrected chi connectivity index (χ3v) is 5.88. The predicted molar refractivity (Wildman–Crippen MR) is 114 cm³/mol. The minimum Gasteiger partial charge on any atom is -0.489 e. The molecule has 0 saturated heterocycles. The second-order valence-electron chi connectivity index (χ2n) is 8.09. The third-order valence-electron chi connectivity index (χ3n) is 5.88. The van der Waals surface area contributed by atoms with Crippen molar-refractivity contribution in [3.8, 4) is 5.75 Å². The van der Waals surface area contributed by atoms with E-state index in [4.69, 9.17) is 4.74 Å². The first-order chi connectivity index (χ1) is 13.6. The van der Waals surface area contributed by atoms with E-state index >= 15 is 0 Å². The van der Waals surface area contributed by atoms with Crippen LogP contribution in [0.5, 0.6) is 5.75 Å². The number of rotatable bonds is 9. The van der Waals surface area contributed by atoms with Gasteiger partial charge in [-0.05, 0) is 49.1 Å². The van der Waals surface area contributed by atoms with Crippen molar-refractivity contribution in [2.75, 3.05) is 6.54 Å². The molecule has 0 aliphatic heterocycles. The monoisotopic (exact) mass is 379 g/mol. The van der Waals surface area contributed by atoms with Crippen LogP contribution in [0.2, 0.25) is 0 Å². The second kappa shape index (κ2) is 9.88. The minimum absolute atomic E-state index is 0.0984. The molecule has 0 aromatic heterocycles. The molecule has 0 radical (unpaired) electrons. The van der Waals surface area contributed by atoms with Gasteiger partial charge in [-0.25, -0.2) is 0 Å². The summed E-state index contributed by atoms with van der Waals surface area (Å²) in [4.78, 5) is 12.2. The second-order valence-corrected chi connectivity index (χ2v) is 8.09. The molecular formula is C25H33NO2. The molecule has 2 atom stereocenters. The molecule has 1 aliphatic carbocycles. The standard InChI is InChI=1S/C25H33NO2/c1-3-4-8-16-26-25(15-14-24(27)20(2)18-25)22-12-9-13-23(17-22)28-19-21-10-6-5-7-11-21/h5-7,9-13,17,20,26H,3-4,8,14-16,18-19H2,1-2H3. The Morgan fingerprint density at radius 2 is 1.93 bits per heavy atom. The molecule has 1 saturated carbocycles. The van der Waals surface area contributed by atoms with Gasteiger partial charge in [0.15, 0.2) is 0 Å². The van der Waals surface area contributed by atoms with Gasteiger partial charge in [0.2, 0.25) is 0 Å². The quantitative estimate of drug-likeness (QED) is 0.574. The highest BCUT2D eigenvalue weighted by Crippen LogP contribution is 2.39. The van der Waals surface area contributed by atoms with Crippen LogP contribution in [0, 0.1) is 5.92 Å². The highest BCUT2D eigenvalue weighted by Gasteiger charge is 2.39. The number of hydrogen-bond acceptors (Lipinski definition) is 3. The van der Waals surface area contributed by atoms with E-state index < -0.39 is 0 Å². The fraction of sp³-hybridized carbons (Fsp3) is 0.480. The predicted octanol–water partition coefficient (Wildman–Crippen LogP) is 5.63. The fourth-order valence-corrected chi connectivity index (χ4v) is 4.17. The van der Waals surface area contributed by atoms with Crippen LogP contribution >= 0.6 is 0 Å². The van der Waals surface area contributed by atoms with Crippen molar-refractivity contribution < 1.29 is 9.53 Å². The van der Waals surface area contributed by atoms with Gasteiger partial charge in [-0.1, -0.05) is 69.2 Å². The van der Waals surface area contributed by atoms with Gasteiger partial charge in [0.25, 0.3) is 0 Å². The van der Waals surface area contributed by atoms with Crippen LogP contribution in [0.25, 0.3) is 0 Å². The number of hydrogen-bond donors (Lipinski definition) is 1. The van der Waals surface area contributed by atoms with Crippen LogP contribution in [-0.4, -0.2) is 12.3 Å². The summed E-state index contributed by atoms with van der Waals surface area (Å²) in [5.41, 5.74) is 2.28. The molecule has 1 fully saturated rings. The van der Waals surface area contributed by atoms with Gasteiger partial charge in [-0.15, -0.1) is 0 Å². The molecule has 0 heterocycles. The van der Waals surface area contributed by atoms with Crippen molar-refractivity contribution in [3.05, 3.63) is 65.7 Å². The summed E-state index contributed by atoms with van der Waals surface area (Å²) < 4.78 is 6.06. The number of unbranched alkanes of at least 4 members (excludes halogenated alkanes) is 2. The summed E-state index contributed by atoms with van der Waals surface area (Å²) in [7, 11) is 0. The van der Waals surface area contributed by atoms with Gasteiger partial charge in [0, 0.05) is 17.9 Å². The third kappa shape index (κ3) is 5.23. The number of benzene rings is 2. The summed E-state index contributed by atoms with van der Waals surface area (Å²) in [5, 5.41) is 3.83. The molecule has 2 unspecified atom stereocenters.